The van der Waals surface area contributed by atoms with Crippen molar-refractivity contribution in [3.63, 3.8) is 0 Å². The lowest BCUT2D eigenvalue weighted by atomic mass is 10.4. The molecule has 0 unspecified atom stereocenters. The van der Waals surface area contributed by atoms with Gasteiger partial charge in [-0.2, -0.15) is 0 Å². The lowest BCUT2D eigenvalue weighted by Crippen LogP contribution is -2.43. The predicted molar refractivity (Wildman–Crippen MR) is 55.2 cm³/mol. The molecule has 0 saturated carbocycles. The van der Waals surface area contributed by atoms with E-state index in [0.29, 0.717) is 9.80 Å². The number of amides is 5. The number of urea groups is 1. The van der Waals surface area contributed by atoms with Gasteiger partial charge in [0.1, 0.15) is 13.1 Å². The van der Waals surface area contributed by atoms with Crippen LogP contribution in [0.15, 0.2) is 0 Å². The Morgan fingerprint density at radius 1 is 1.22 bits per heavy atom. The van der Waals surface area contributed by atoms with Crippen LogP contribution >= 0.6 is 0 Å². The first kappa shape index (κ1) is 13.6. The molecule has 0 atom stereocenters. The fourth-order valence-corrected chi connectivity index (χ4v) is 1.30. The van der Waals surface area contributed by atoms with Crippen LogP contribution in [0.2, 0.25) is 0 Å². The average Bonchev–Trinajstić information content (AvgIpc) is 2.46. The number of imide groups is 2. The molecular formula is C9H11N3O6. The number of aliphatic carboxylic acids is 1. The number of likely N-dealkylation sites (N-methyl/N-ethyl adjacent to an activating group) is 2. The van der Waals surface area contributed by atoms with Crippen molar-refractivity contribution in [1.29, 1.82) is 0 Å². The molecule has 98 valence electrons. The van der Waals surface area contributed by atoms with Crippen molar-refractivity contribution in [2.24, 2.45) is 0 Å². The van der Waals surface area contributed by atoms with Crippen LogP contribution in [-0.4, -0.2) is 76.7 Å². The molecule has 1 N–H and O–H groups in total. The Bertz CT molecular complexity index is 446. The van der Waals surface area contributed by atoms with E-state index in [-0.39, 0.29) is 0 Å². The standard InChI is InChI=1S/C9H11N3O6/c1-10(4-6(14)15)5(13)3-12-8(17)7(16)11(2)9(12)18/h3-4H2,1-2H3,(H,14,15). The first-order chi connectivity index (χ1) is 8.25. The third-order valence-electron chi connectivity index (χ3n) is 2.34. The van der Waals surface area contributed by atoms with Crippen molar-refractivity contribution in [3.05, 3.63) is 0 Å². The molecule has 5 amide bonds. The predicted octanol–water partition coefficient (Wildman–Crippen LogP) is -2.05. The Hall–Kier alpha value is -2.45. The second kappa shape index (κ2) is 4.82. The minimum atomic E-state index is -1.22. The molecular weight excluding hydrogens is 246 g/mol. The maximum atomic E-state index is 11.5. The van der Waals surface area contributed by atoms with Crippen LogP contribution in [0.4, 0.5) is 4.79 Å². The monoisotopic (exact) mass is 257 g/mol. The van der Waals surface area contributed by atoms with E-state index in [4.69, 9.17) is 5.11 Å². The molecule has 1 rings (SSSR count). The second-order valence-corrected chi connectivity index (χ2v) is 3.68. The van der Waals surface area contributed by atoms with Crippen molar-refractivity contribution in [3.8, 4) is 0 Å². The van der Waals surface area contributed by atoms with Crippen LogP contribution < -0.4 is 0 Å². The zero-order valence-corrected chi connectivity index (χ0v) is 9.74. The van der Waals surface area contributed by atoms with E-state index < -0.39 is 42.8 Å². The molecule has 1 fully saturated rings. The minimum absolute atomic E-state index is 0.475. The SMILES string of the molecule is CN(CC(=O)O)C(=O)CN1C(=O)C(=O)N(C)C1=O. The van der Waals surface area contributed by atoms with Gasteiger partial charge in [-0.15, -0.1) is 0 Å². The zero-order valence-electron chi connectivity index (χ0n) is 9.74. The molecule has 9 heteroatoms. The lowest BCUT2D eigenvalue weighted by molar-refractivity contribution is -0.146. The molecule has 0 spiro atoms. The molecule has 1 heterocycles. The number of rotatable bonds is 4. The molecule has 1 saturated heterocycles. The summed E-state index contributed by atoms with van der Waals surface area (Å²) in [6.45, 7) is -1.21. The molecule has 1 aliphatic rings. The maximum Gasteiger partial charge on any atom is 0.334 e. The van der Waals surface area contributed by atoms with Crippen LogP contribution in [0.5, 0.6) is 0 Å². The summed E-state index contributed by atoms with van der Waals surface area (Å²) in [7, 11) is 2.33. The normalized spacial score (nSPS) is 15.3. The molecule has 0 aliphatic carbocycles. The van der Waals surface area contributed by atoms with Gasteiger partial charge in [-0.25, -0.2) is 9.69 Å². The average molecular weight is 257 g/mol. The van der Waals surface area contributed by atoms with Gasteiger partial charge in [0.05, 0.1) is 0 Å². The fourth-order valence-electron chi connectivity index (χ4n) is 1.30. The van der Waals surface area contributed by atoms with Crippen LogP contribution in [0.25, 0.3) is 0 Å². The Morgan fingerprint density at radius 2 is 1.78 bits per heavy atom. The van der Waals surface area contributed by atoms with E-state index in [0.717, 1.165) is 11.9 Å². The number of carbonyl (C=O) groups excluding carboxylic acids is 4. The van der Waals surface area contributed by atoms with Gasteiger partial charge in [-0.1, -0.05) is 0 Å². The number of carboxylic acid groups (broad SMARTS) is 1. The maximum absolute atomic E-state index is 11.5. The summed E-state index contributed by atoms with van der Waals surface area (Å²) in [5.74, 6) is -4.09. The van der Waals surface area contributed by atoms with Crippen molar-refractivity contribution in [1.82, 2.24) is 14.7 Å². The Balaban J connectivity index is 2.71. The van der Waals surface area contributed by atoms with Gasteiger partial charge in [-0.3, -0.25) is 24.1 Å². The van der Waals surface area contributed by atoms with Crippen molar-refractivity contribution in [2.45, 2.75) is 0 Å². The van der Waals surface area contributed by atoms with E-state index in [1.54, 1.807) is 0 Å². The van der Waals surface area contributed by atoms with Gasteiger partial charge in [-0.05, 0) is 0 Å². The van der Waals surface area contributed by atoms with E-state index in [1.807, 2.05) is 0 Å². The zero-order chi connectivity index (χ0) is 14.0. The van der Waals surface area contributed by atoms with Crippen molar-refractivity contribution >= 4 is 29.7 Å². The fraction of sp³-hybridized carbons (Fsp3) is 0.444. The Labute approximate surface area is 102 Å². The number of hydrogen-bond acceptors (Lipinski definition) is 5. The minimum Gasteiger partial charge on any atom is -0.480 e. The molecule has 18 heavy (non-hydrogen) atoms. The van der Waals surface area contributed by atoms with Crippen LogP contribution in [0.3, 0.4) is 0 Å². The largest absolute Gasteiger partial charge is 0.480 e. The number of carboxylic acids is 1. The second-order valence-electron chi connectivity index (χ2n) is 3.68. The summed E-state index contributed by atoms with van der Waals surface area (Å²) in [4.78, 5) is 57.7. The number of nitrogens with zero attached hydrogens (tertiary/aromatic N) is 3. The van der Waals surface area contributed by atoms with Crippen LogP contribution in [0, 0.1) is 0 Å². The third-order valence-corrected chi connectivity index (χ3v) is 2.34. The van der Waals surface area contributed by atoms with Crippen molar-refractivity contribution < 1.29 is 29.1 Å². The molecule has 0 aromatic carbocycles. The van der Waals surface area contributed by atoms with E-state index in [2.05, 4.69) is 0 Å². The van der Waals surface area contributed by atoms with Gasteiger partial charge in [0.15, 0.2) is 0 Å². The highest BCUT2D eigenvalue weighted by molar-refractivity contribution is 6.44. The summed E-state index contributed by atoms with van der Waals surface area (Å²) in [6.07, 6.45) is 0. The molecule has 0 aromatic rings. The summed E-state index contributed by atoms with van der Waals surface area (Å²) in [6, 6.07) is -0.901. The van der Waals surface area contributed by atoms with Gasteiger partial charge < -0.3 is 10.0 Å². The van der Waals surface area contributed by atoms with E-state index >= 15 is 0 Å². The van der Waals surface area contributed by atoms with Gasteiger partial charge in [0.25, 0.3) is 0 Å². The van der Waals surface area contributed by atoms with E-state index in [1.165, 1.54) is 7.05 Å². The van der Waals surface area contributed by atoms with Crippen LogP contribution in [0.1, 0.15) is 0 Å². The molecule has 9 nitrogen and oxygen atoms in total. The number of carbonyl (C=O) groups is 5. The quantitative estimate of drug-likeness (QED) is 0.458. The van der Waals surface area contributed by atoms with Gasteiger partial charge in [0.2, 0.25) is 5.91 Å². The van der Waals surface area contributed by atoms with E-state index in [9.17, 15) is 24.0 Å². The van der Waals surface area contributed by atoms with Gasteiger partial charge >= 0.3 is 23.8 Å². The first-order valence-electron chi connectivity index (χ1n) is 4.85. The van der Waals surface area contributed by atoms with Crippen molar-refractivity contribution in [2.75, 3.05) is 27.2 Å². The first-order valence-corrected chi connectivity index (χ1v) is 4.85. The Morgan fingerprint density at radius 3 is 2.17 bits per heavy atom. The highest BCUT2D eigenvalue weighted by atomic mass is 16.4. The highest BCUT2D eigenvalue weighted by Crippen LogP contribution is 2.09. The molecule has 0 aromatic heterocycles. The summed E-state index contributed by atoms with van der Waals surface area (Å²) in [5.41, 5.74) is 0. The number of hydrogen-bond donors (Lipinski definition) is 1. The summed E-state index contributed by atoms with van der Waals surface area (Å²) >= 11 is 0. The topological polar surface area (TPSA) is 115 Å². The van der Waals surface area contributed by atoms with Gasteiger partial charge in [0, 0.05) is 14.1 Å². The molecule has 0 bridgehead atoms. The highest BCUT2D eigenvalue weighted by Gasteiger charge is 2.43. The lowest BCUT2D eigenvalue weighted by Gasteiger charge is -2.18. The summed E-state index contributed by atoms with van der Waals surface area (Å²) < 4.78 is 0. The smallest absolute Gasteiger partial charge is 0.334 e. The van der Waals surface area contributed by atoms with Crippen LogP contribution in [-0.2, 0) is 19.2 Å². The summed E-state index contributed by atoms with van der Waals surface area (Å²) in [5, 5.41) is 8.48. The molecule has 1 aliphatic heterocycles. The molecule has 0 radical (unpaired) electrons. The third kappa shape index (κ3) is 2.44. The Kier molecular flexibility index (Phi) is 3.64.